The first-order valence-corrected chi connectivity index (χ1v) is 10.3. The van der Waals surface area contributed by atoms with Crippen LogP contribution in [0, 0.1) is 0 Å². The second-order valence-corrected chi connectivity index (χ2v) is 8.13. The lowest BCUT2D eigenvalue weighted by Crippen LogP contribution is -2.61. The van der Waals surface area contributed by atoms with Gasteiger partial charge >= 0.3 is 0 Å². The highest BCUT2D eigenvalue weighted by Gasteiger charge is 2.47. The third kappa shape index (κ3) is 5.72. The van der Waals surface area contributed by atoms with Gasteiger partial charge in [-0.15, -0.1) is 0 Å². The quantitative estimate of drug-likeness (QED) is 0.177. The van der Waals surface area contributed by atoms with E-state index in [-0.39, 0.29) is 11.3 Å². The van der Waals surface area contributed by atoms with Crippen molar-refractivity contribution in [3.63, 3.8) is 0 Å². The molecule has 9 N–H and O–H groups in total. The Hall–Kier alpha value is -1.62. The Labute approximate surface area is 188 Å². The van der Waals surface area contributed by atoms with Gasteiger partial charge in [0.2, 0.25) is 0 Å². The summed E-state index contributed by atoms with van der Waals surface area (Å²) in [5.41, 5.74) is 0.203. The summed E-state index contributed by atoms with van der Waals surface area (Å²) >= 11 is 0. The molecule has 1 unspecified atom stereocenters. The Morgan fingerprint density at radius 2 is 1.39 bits per heavy atom. The lowest BCUT2D eigenvalue weighted by atomic mass is 9.98. The zero-order valence-corrected chi connectivity index (χ0v) is 17.7. The molecule has 0 aromatic heterocycles. The number of hydrogen-bond acceptors (Lipinski definition) is 13. The van der Waals surface area contributed by atoms with E-state index in [0.29, 0.717) is 0 Å². The van der Waals surface area contributed by atoms with Crippen LogP contribution in [-0.4, -0.2) is 121 Å². The van der Waals surface area contributed by atoms with Crippen molar-refractivity contribution in [2.24, 2.45) is 0 Å². The number of aliphatic hydroxyl groups excluding tert-OH is 7. The van der Waals surface area contributed by atoms with Crippen molar-refractivity contribution in [3.8, 4) is 11.5 Å². The first kappa shape index (κ1) is 26.0. The van der Waals surface area contributed by atoms with Gasteiger partial charge in [0.1, 0.15) is 48.8 Å². The van der Waals surface area contributed by atoms with Crippen molar-refractivity contribution in [2.45, 2.75) is 74.4 Å². The largest absolute Gasteiger partial charge is 0.504 e. The summed E-state index contributed by atoms with van der Waals surface area (Å²) in [5, 5.41) is 89.3. The second kappa shape index (κ2) is 10.8. The minimum absolute atomic E-state index is 0.203. The normalized spacial score (nSPS) is 40.5. The third-order valence-electron chi connectivity index (χ3n) is 5.70. The van der Waals surface area contributed by atoms with Gasteiger partial charge in [-0.25, -0.2) is 0 Å². The minimum Gasteiger partial charge on any atom is -0.504 e. The molecule has 3 rings (SSSR count). The second-order valence-electron chi connectivity index (χ2n) is 8.13. The highest BCUT2D eigenvalue weighted by atomic mass is 16.7. The first-order valence-electron chi connectivity index (χ1n) is 10.3. The molecular formula is C20H30O13. The molecule has 2 saturated heterocycles. The molecule has 2 aliphatic rings. The van der Waals surface area contributed by atoms with Crippen molar-refractivity contribution < 1.29 is 64.9 Å². The third-order valence-corrected chi connectivity index (χ3v) is 5.70. The number of aromatic hydroxyl groups is 2. The van der Waals surface area contributed by atoms with Crippen LogP contribution >= 0.6 is 0 Å². The molecule has 13 nitrogen and oxygen atoms in total. The highest BCUT2D eigenvalue weighted by Crippen LogP contribution is 2.29. The van der Waals surface area contributed by atoms with Crippen LogP contribution in [0.1, 0.15) is 18.6 Å². The molecule has 2 aliphatic heterocycles. The van der Waals surface area contributed by atoms with Gasteiger partial charge in [0, 0.05) is 0 Å². The van der Waals surface area contributed by atoms with E-state index in [1.807, 2.05) is 0 Å². The van der Waals surface area contributed by atoms with Crippen LogP contribution in [0.25, 0.3) is 0 Å². The van der Waals surface area contributed by atoms with Crippen LogP contribution in [0.4, 0.5) is 0 Å². The summed E-state index contributed by atoms with van der Waals surface area (Å²) in [7, 11) is 0. The average molecular weight is 478 g/mol. The molecule has 0 saturated carbocycles. The Morgan fingerprint density at radius 3 is 2.03 bits per heavy atom. The summed E-state index contributed by atoms with van der Waals surface area (Å²) < 4.78 is 21.5. The number of rotatable bonds is 7. The maximum atomic E-state index is 10.2. The van der Waals surface area contributed by atoms with E-state index in [1.54, 1.807) is 0 Å². The highest BCUT2D eigenvalue weighted by molar-refractivity contribution is 5.41. The first-order chi connectivity index (χ1) is 15.5. The Morgan fingerprint density at radius 1 is 0.788 bits per heavy atom. The molecule has 13 heteroatoms. The fourth-order valence-electron chi connectivity index (χ4n) is 3.56. The molecular weight excluding hydrogens is 448 g/mol. The number of phenols is 2. The van der Waals surface area contributed by atoms with Crippen molar-refractivity contribution in [3.05, 3.63) is 23.8 Å². The number of benzene rings is 1. The molecule has 1 aromatic carbocycles. The van der Waals surface area contributed by atoms with E-state index in [4.69, 9.17) is 18.9 Å². The summed E-state index contributed by atoms with van der Waals surface area (Å²) in [4.78, 5) is 0. The van der Waals surface area contributed by atoms with Crippen LogP contribution < -0.4 is 0 Å². The average Bonchev–Trinajstić information content (AvgIpc) is 2.79. The van der Waals surface area contributed by atoms with E-state index in [1.165, 1.54) is 19.1 Å². The zero-order valence-electron chi connectivity index (χ0n) is 17.7. The zero-order chi connectivity index (χ0) is 24.4. The van der Waals surface area contributed by atoms with E-state index in [9.17, 15) is 46.0 Å². The van der Waals surface area contributed by atoms with Crippen molar-refractivity contribution in [1.82, 2.24) is 0 Å². The Kier molecular flexibility index (Phi) is 8.47. The van der Waals surface area contributed by atoms with Crippen LogP contribution in [0.2, 0.25) is 0 Å². The van der Waals surface area contributed by atoms with E-state index >= 15 is 0 Å². The lowest BCUT2D eigenvalue weighted by molar-refractivity contribution is -0.329. The molecule has 0 amide bonds. The molecule has 1 aromatic rings. The fourth-order valence-corrected chi connectivity index (χ4v) is 3.56. The number of phenolic OH excluding ortho intramolecular Hbond substituents is 2. The lowest BCUT2D eigenvalue weighted by Gasteiger charge is -2.42. The van der Waals surface area contributed by atoms with Crippen molar-refractivity contribution in [2.75, 3.05) is 13.2 Å². The summed E-state index contributed by atoms with van der Waals surface area (Å²) in [5.74, 6) is -0.823. The van der Waals surface area contributed by atoms with Gasteiger partial charge in [-0.05, 0) is 24.6 Å². The summed E-state index contributed by atoms with van der Waals surface area (Å²) in [6.07, 6.45) is -15.7. The van der Waals surface area contributed by atoms with Gasteiger partial charge in [0.25, 0.3) is 0 Å². The van der Waals surface area contributed by atoms with Crippen LogP contribution in [-0.2, 0) is 18.9 Å². The maximum absolute atomic E-state index is 10.2. The number of ether oxygens (including phenoxy) is 4. The van der Waals surface area contributed by atoms with Gasteiger partial charge in [0.05, 0.1) is 19.3 Å². The van der Waals surface area contributed by atoms with Crippen LogP contribution in [0.3, 0.4) is 0 Å². The van der Waals surface area contributed by atoms with Crippen LogP contribution in [0.5, 0.6) is 11.5 Å². The molecule has 0 aliphatic carbocycles. The standard InChI is InChI=1S/C20H30O13/c1-7-13(24)15(26)17(28)19(32-7)31-6-12-14(25)16(27)18(29)20(33-12)30-5-11(23)8-2-3-9(21)10(22)4-8/h2-4,7,11-29H,5-6H2,1H3/t7-,11?,12+,13-,14+,15+,16-,17+,18+,19+,20+/m0/s1. The predicted molar refractivity (Wildman–Crippen MR) is 106 cm³/mol. The molecule has 0 radical (unpaired) electrons. The summed E-state index contributed by atoms with van der Waals surface area (Å²) in [6.45, 7) is 0.579. The maximum Gasteiger partial charge on any atom is 0.186 e. The van der Waals surface area contributed by atoms with E-state index in [2.05, 4.69) is 0 Å². The molecule has 33 heavy (non-hydrogen) atoms. The Balaban J connectivity index is 1.58. The monoisotopic (exact) mass is 478 g/mol. The van der Waals surface area contributed by atoms with Gasteiger partial charge < -0.3 is 64.9 Å². The summed E-state index contributed by atoms with van der Waals surface area (Å²) in [6, 6.07) is 3.64. The topological polar surface area (TPSA) is 219 Å². The fraction of sp³-hybridized carbons (Fsp3) is 0.700. The molecule has 11 atom stereocenters. The molecule has 2 fully saturated rings. The van der Waals surface area contributed by atoms with Crippen molar-refractivity contribution >= 4 is 0 Å². The van der Waals surface area contributed by atoms with Gasteiger partial charge in [0.15, 0.2) is 24.1 Å². The smallest absolute Gasteiger partial charge is 0.186 e. The molecule has 2 heterocycles. The SMILES string of the molecule is C[C@@H]1O[C@@H](OC[C@H]2O[C@@H](OCC(O)c3ccc(O)c(O)c3)[C@H](O)[C@@H](O)[C@@H]2O)[C@H](O)[C@H](O)[C@H]1O. The van der Waals surface area contributed by atoms with Crippen LogP contribution in [0.15, 0.2) is 18.2 Å². The molecule has 0 bridgehead atoms. The van der Waals surface area contributed by atoms with E-state index in [0.717, 1.165) is 6.07 Å². The molecule has 188 valence electrons. The van der Waals surface area contributed by atoms with Gasteiger partial charge in [-0.2, -0.15) is 0 Å². The minimum atomic E-state index is -1.70. The predicted octanol–water partition coefficient (Wildman–Crippen LogP) is -3.20. The Bertz CT molecular complexity index is 778. The number of hydrogen-bond donors (Lipinski definition) is 9. The van der Waals surface area contributed by atoms with Gasteiger partial charge in [-0.3, -0.25) is 0 Å². The number of aliphatic hydroxyl groups is 7. The van der Waals surface area contributed by atoms with E-state index < -0.39 is 86.5 Å². The van der Waals surface area contributed by atoms with Gasteiger partial charge in [-0.1, -0.05) is 6.07 Å². The molecule has 0 spiro atoms. The van der Waals surface area contributed by atoms with Crippen molar-refractivity contribution in [1.29, 1.82) is 0 Å².